The largest absolute Gasteiger partial charge is 0.378 e. The Kier molecular flexibility index (Phi) is 2.99. The number of rotatable bonds is 5. The minimum absolute atomic E-state index is 0.608. The van der Waals surface area contributed by atoms with Crippen molar-refractivity contribution in [3.8, 4) is 0 Å². The first-order valence-corrected chi connectivity index (χ1v) is 7.39. The van der Waals surface area contributed by atoms with Crippen LogP contribution >= 0.6 is 0 Å². The van der Waals surface area contributed by atoms with Crippen molar-refractivity contribution in [3.05, 3.63) is 0 Å². The Labute approximate surface area is 99.9 Å². The lowest BCUT2D eigenvalue weighted by Crippen LogP contribution is -2.18. The molecule has 0 aromatic carbocycles. The molecule has 1 saturated heterocycles. The summed E-state index contributed by atoms with van der Waals surface area (Å²) in [5.74, 6) is 5.14. The van der Waals surface area contributed by atoms with E-state index in [0.717, 1.165) is 30.3 Å². The van der Waals surface area contributed by atoms with Gasteiger partial charge in [-0.15, -0.1) is 0 Å². The predicted molar refractivity (Wildman–Crippen MR) is 66.2 cm³/mol. The molecule has 3 aliphatic rings. The maximum Gasteiger partial charge on any atom is 0.0579 e. The summed E-state index contributed by atoms with van der Waals surface area (Å²) in [5, 5.41) is 0. The van der Waals surface area contributed by atoms with Gasteiger partial charge in [-0.05, 0) is 61.7 Å². The van der Waals surface area contributed by atoms with Gasteiger partial charge in [0.25, 0.3) is 0 Å². The van der Waals surface area contributed by atoms with E-state index in [2.05, 4.69) is 13.8 Å². The number of fused-ring (bicyclic) bond motifs is 1. The maximum atomic E-state index is 5.96. The third-order valence-electron chi connectivity index (χ3n) is 5.61. The van der Waals surface area contributed by atoms with E-state index >= 15 is 0 Å². The van der Waals surface area contributed by atoms with Gasteiger partial charge in [0.1, 0.15) is 0 Å². The van der Waals surface area contributed by atoms with Crippen LogP contribution in [0.4, 0.5) is 0 Å². The Hall–Kier alpha value is -0.0400. The molecule has 1 aliphatic heterocycles. The second-order valence-corrected chi connectivity index (χ2v) is 6.57. The normalized spacial score (nSPS) is 47.2. The van der Waals surface area contributed by atoms with Gasteiger partial charge in [-0.2, -0.15) is 0 Å². The van der Waals surface area contributed by atoms with Crippen LogP contribution in [-0.4, -0.2) is 12.7 Å². The molecular formula is C15H26O. The molecule has 2 saturated carbocycles. The van der Waals surface area contributed by atoms with Crippen LogP contribution in [0.1, 0.15) is 52.4 Å². The van der Waals surface area contributed by atoms with Gasteiger partial charge in [-0.3, -0.25) is 0 Å². The van der Waals surface area contributed by atoms with Crippen LogP contribution in [0.25, 0.3) is 0 Å². The molecule has 0 amide bonds. The molecule has 0 spiro atoms. The van der Waals surface area contributed by atoms with Crippen LogP contribution in [0.5, 0.6) is 0 Å². The molecule has 3 rings (SSSR count). The fourth-order valence-electron chi connectivity index (χ4n) is 3.88. The zero-order valence-electron chi connectivity index (χ0n) is 10.8. The average molecular weight is 222 g/mol. The number of hydrogen-bond acceptors (Lipinski definition) is 1. The van der Waals surface area contributed by atoms with E-state index < -0.39 is 0 Å². The van der Waals surface area contributed by atoms with Gasteiger partial charge in [-0.1, -0.05) is 20.3 Å². The summed E-state index contributed by atoms with van der Waals surface area (Å²) >= 11 is 0. The van der Waals surface area contributed by atoms with E-state index in [4.69, 9.17) is 4.74 Å². The average Bonchev–Trinajstić information content (AvgIpc) is 2.75. The fourth-order valence-corrected chi connectivity index (χ4v) is 3.88. The molecular weight excluding hydrogens is 196 g/mol. The van der Waals surface area contributed by atoms with Crippen molar-refractivity contribution in [1.82, 2.24) is 0 Å². The Morgan fingerprint density at radius 3 is 2.69 bits per heavy atom. The highest BCUT2D eigenvalue weighted by Crippen LogP contribution is 2.61. The van der Waals surface area contributed by atoms with Gasteiger partial charge < -0.3 is 4.74 Å². The van der Waals surface area contributed by atoms with E-state index in [1.807, 2.05) is 0 Å². The van der Waals surface area contributed by atoms with Gasteiger partial charge >= 0.3 is 0 Å². The van der Waals surface area contributed by atoms with Crippen molar-refractivity contribution in [1.29, 1.82) is 0 Å². The Balaban J connectivity index is 1.37. The van der Waals surface area contributed by atoms with Crippen LogP contribution in [0, 0.1) is 29.6 Å². The zero-order chi connectivity index (χ0) is 11.1. The molecule has 92 valence electrons. The first-order valence-electron chi connectivity index (χ1n) is 7.39. The monoisotopic (exact) mass is 222 g/mol. The van der Waals surface area contributed by atoms with Crippen LogP contribution < -0.4 is 0 Å². The Morgan fingerprint density at radius 1 is 1.19 bits per heavy atom. The number of ether oxygens (including phenoxy) is 1. The summed E-state index contributed by atoms with van der Waals surface area (Å²) in [6.45, 7) is 5.73. The molecule has 0 aromatic heterocycles. The van der Waals surface area contributed by atoms with Gasteiger partial charge in [0.2, 0.25) is 0 Å². The molecule has 0 N–H and O–H groups in total. The van der Waals surface area contributed by atoms with Gasteiger partial charge in [0, 0.05) is 0 Å². The van der Waals surface area contributed by atoms with Crippen LogP contribution in [0.3, 0.4) is 0 Å². The topological polar surface area (TPSA) is 9.23 Å². The molecule has 1 nitrogen and oxygen atoms in total. The summed E-state index contributed by atoms with van der Waals surface area (Å²) in [7, 11) is 0. The zero-order valence-corrected chi connectivity index (χ0v) is 10.8. The summed E-state index contributed by atoms with van der Waals surface area (Å²) in [5.41, 5.74) is 0. The predicted octanol–water partition coefficient (Wildman–Crippen LogP) is 3.87. The molecule has 6 atom stereocenters. The van der Waals surface area contributed by atoms with Crippen molar-refractivity contribution in [2.75, 3.05) is 6.61 Å². The summed E-state index contributed by atoms with van der Waals surface area (Å²) in [6.07, 6.45) is 9.18. The Morgan fingerprint density at radius 2 is 2.06 bits per heavy atom. The molecule has 0 bridgehead atoms. The lowest BCUT2D eigenvalue weighted by Gasteiger charge is -2.25. The van der Waals surface area contributed by atoms with E-state index in [1.54, 1.807) is 12.8 Å². The maximum absolute atomic E-state index is 5.96. The standard InChI is InChI=1S/C15H26O/c1-3-10(2)13-7-14(16-9-13)5-4-11-6-12-8-15(11)12/h10-15H,3-9H2,1-2H3. The summed E-state index contributed by atoms with van der Waals surface area (Å²) in [4.78, 5) is 0. The molecule has 1 heteroatoms. The second kappa shape index (κ2) is 4.33. The van der Waals surface area contributed by atoms with Crippen molar-refractivity contribution >= 4 is 0 Å². The van der Waals surface area contributed by atoms with Crippen molar-refractivity contribution in [2.45, 2.75) is 58.5 Å². The summed E-state index contributed by atoms with van der Waals surface area (Å²) < 4.78 is 5.96. The van der Waals surface area contributed by atoms with Gasteiger partial charge in [0.05, 0.1) is 12.7 Å². The molecule has 0 radical (unpaired) electrons. The van der Waals surface area contributed by atoms with Crippen LogP contribution in [0.2, 0.25) is 0 Å². The molecule has 0 aromatic rings. The van der Waals surface area contributed by atoms with Crippen LogP contribution in [-0.2, 0) is 4.74 Å². The fraction of sp³-hybridized carbons (Fsp3) is 1.00. The van der Waals surface area contributed by atoms with E-state index in [9.17, 15) is 0 Å². The SMILES string of the molecule is CCC(C)C1COC(CCC2CC3CC23)C1. The second-order valence-electron chi connectivity index (χ2n) is 6.57. The lowest BCUT2D eigenvalue weighted by atomic mass is 9.80. The van der Waals surface area contributed by atoms with Crippen molar-refractivity contribution in [2.24, 2.45) is 29.6 Å². The Bertz CT molecular complexity index is 250. The molecule has 16 heavy (non-hydrogen) atoms. The first-order chi connectivity index (χ1) is 7.78. The molecule has 2 aliphatic carbocycles. The minimum atomic E-state index is 0.608. The van der Waals surface area contributed by atoms with Gasteiger partial charge in [-0.25, -0.2) is 0 Å². The number of hydrogen-bond donors (Lipinski definition) is 0. The van der Waals surface area contributed by atoms with Crippen molar-refractivity contribution < 1.29 is 4.74 Å². The van der Waals surface area contributed by atoms with E-state index in [0.29, 0.717) is 6.10 Å². The highest BCUT2D eigenvalue weighted by Gasteiger charge is 2.52. The highest BCUT2D eigenvalue weighted by atomic mass is 16.5. The molecule has 6 unspecified atom stereocenters. The van der Waals surface area contributed by atoms with Gasteiger partial charge in [0.15, 0.2) is 0 Å². The van der Waals surface area contributed by atoms with Crippen LogP contribution in [0.15, 0.2) is 0 Å². The van der Waals surface area contributed by atoms with E-state index in [1.165, 1.54) is 31.6 Å². The molecule has 1 heterocycles. The minimum Gasteiger partial charge on any atom is -0.378 e. The van der Waals surface area contributed by atoms with Crippen molar-refractivity contribution in [3.63, 3.8) is 0 Å². The summed E-state index contributed by atoms with van der Waals surface area (Å²) in [6, 6.07) is 0. The first kappa shape index (κ1) is 11.1. The third-order valence-corrected chi connectivity index (χ3v) is 5.61. The highest BCUT2D eigenvalue weighted by molar-refractivity contribution is 5.02. The smallest absolute Gasteiger partial charge is 0.0579 e. The molecule has 3 fully saturated rings. The van der Waals surface area contributed by atoms with E-state index in [-0.39, 0.29) is 0 Å². The lowest BCUT2D eigenvalue weighted by molar-refractivity contribution is 0.0859. The quantitative estimate of drug-likeness (QED) is 0.686. The third kappa shape index (κ3) is 2.03.